The van der Waals surface area contributed by atoms with Crippen molar-refractivity contribution in [2.75, 3.05) is 33.8 Å². The van der Waals surface area contributed by atoms with Crippen LogP contribution in [-0.4, -0.2) is 45.5 Å². The van der Waals surface area contributed by atoms with Crippen molar-refractivity contribution in [1.82, 2.24) is 0 Å². The van der Waals surface area contributed by atoms with Gasteiger partial charge in [-0.1, -0.05) is 0 Å². The van der Waals surface area contributed by atoms with Gasteiger partial charge in [0.15, 0.2) is 23.0 Å². The average molecular weight is 389 g/mol. The Balaban J connectivity index is 2.10. The first-order valence-corrected chi connectivity index (χ1v) is 8.16. The van der Waals surface area contributed by atoms with Crippen LogP contribution in [0.15, 0.2) is 24.3 Å². The van der Waals surface area contributed by atoms with Gasteiger partial charge in [0, 0.05) is 17.7 Å². The predicted octanol–water partition coefficient (Wildman–Crippen LogP) is 2.70. The largest absolute Gasteiger partial charge is 0.493 e. The molecule has 1 heterocycles. The zero-order chi connectivity index (χ0) is 20.4. The van der Waals surface area contributed by atoms with Crippen molar-refractivity contribution in [3.63, 3.8) is 0 Å². The van der Waals surface area contributed by atoms with Crippen molar-refractivity contribution in [3.8, 4) is 23.0 Å². The Bertz CT molecular complexity index is 940. The molecule has 1 atom stereocenters. The number of rotatable bonds is 6. The lowest BCUT2D eigenvalue weighted by molar-refractivity contribution is 0.0322. The summed E-state index contributed by atoms with van der Waals surface area (Å²) in [5.41, 5.74) is 0.700. The monoisotopic (exact) mass is 389 g/mol. The maximum Gasteiger partial charge on any atom is 0.342 e. The van der Waals surface area contributed by atoms with Crippen LogP contribution in [0.25, 0.3) is 0 Å². The molecule has 0 aliphatic carbocycles. The van der Waals surface area contributed by atoms with Crippen LogP contribution in [0.5, 0.6) is 23.0 Å². The van der Waals surface area contributed by atoms with Crippen molar-refractivity contribution < 1.29 is 38.4 Å². The highest BCUT2D eigenvalue weighted by molar-refractivity contribution is 5.99. The minimum atomic E-state index is -1.25. The Hall–Kier alpha value is -3.62. The first kappa shape index (κ1) is 19.2. The maximum atomic E-state index is 12.5. The normalized spacial score (nSPS) is 15.0. The SMILES string of the molecule is COc1cc2c(cc1OC)C(=O)O[C@@H](c1ccc(OC)c(OC)c1C(=O)O)N2. The topological polar surface area (TPSA) is 113 Å². The number of fused-ring (bicyclic) bond motifs is 1. The molecule has 1 aliphatic rings. The first-order chi connectivity index (χ1) is 13.4. The number of carboxylic acid groups (broad SMARTS) is 1. The molecule has 0 aromatic heterocycles. The molecule has 1 aliphatic heterocycles. The van der Waals surface area contributed by atoms with Gasteiger partial charge in [-0.25, -0.2) is 9.59 Å². The molecule has 0 saturated carbocycles. The van der Waals surface area contributed by atoms with Gasteiger partial charge >= 0.3 is 11.9 Å². The van der Waals surface area contributed by atoms with Crippen molar-refractivity contribution in [2.24, 2.45) is 0 Å². The molecule has 0 unspecified atom stereocenters. The molecule has 0 bridgehead atoms. The van der Waals surface area contributed by atoms with E-state index in [4.69, 9.17) is 23.7 Å². The first-order valence-electron chi connectivity index (χ1n) is 8.16. The molecule has 148 valence electrons. The van der Waals surface area contributed by atoms with Gasteiger partial charge in [0.25, 0.3) is 0 Å². The molecule has 9 nitrogen and oxygen atoms in total. The molecule has 0 radical (unpaired) electrons. The zero-order valence-electron chi connectivity index (χ0n) is 15.7. The molecule has 0 amide bonds. The Morgan fingerprint density at radius 1 is 1.00 bits per heavy atom. The van der Waals surface area contributed by atoms with Crippen LogP contribution in [-0.2, 0) is 4.74 Å². The summed E-state index contributed by atoms with van der Waals surface area (Å²) >= 11 is 0. The minimum absolute atomic E-state index is 0.0310. The molecular weight excluding hydrogens is 370 g/mol. The summed E-state index contributed by atoms with van der Waals surface area (Å²) in [6.07, 6.45) is -1.05. The number of carbonyl (C=O) groups excluding carboxylic acids is 1. The number of nitrogens with one attached hydrogen (secondary N) is 1. The van der Waals surface area contributed by atoms with Gasteiger partial charge in [-0.05, 0) is 12.1 Å². The second-order valence-electron chi connectivity index (χ2n) is 5.75. The summed E-state index contributed by atoms with van der Waals surface area (Å²) in [5.74, 6) is -0.822. The van der Waals surface area contributed by atoms with E-state index in [0.29, 0.717) is 17.2 Å². The van der Waals surface area contributed by atoms with Gasteiger partial charge < -0.3 is 34.1 Å². The van der Waals surface area contributed by atoms with Crippen LogP contribution < -0.4 is 24.3 Å². The minimum Gasteiger partial charge on any atom is -0.493 e. The summed E-state index contributed by atoms with van der Waals surface area (Å²) in [5, 5.41) is 12.7. The lowest BCUT2D eigenvalue weighted by Crippen LogP contribution is -2.27. The number of carboxylic acids is 1. The summed E-state index contributed by atoms with van der Waals surface area (Å²) in [4.78, 5) is 24.4. The molecule has 2 aromatic carbocycles. The number of hydrogen-bond donors (Lipinski definition) is 2. The Labute approximate surface area is 160 Å². The number of methoxy groups -OCH3 is 4. The van der Waals surface area contributed by atoms with Gasteiger partial charge in [-0.3, -0.25) is 0 Å². The fourth-order valence-corrected chi connectivity index (χ4v) is 3.03. The van der Waals surface area contributed by atoms with Crippen LogP contribution in [0.2, 0.25) is 0 Å². The van der Waals surface area contributed by atoms with E-state index in [0.717, 1.165) is 0 Å². The van der Waals surface area contributed by atoms with E-state index < -0.39 is 18.2 Å². The lowest BCUT2D eigenvalue weighted by atomic mass is 10.0. The molecule has 3 rings (SSSR count). The third-order valence-corrected chi connectivity index (χ3v) is 4.33. The zero-order valence-corrected chi connectivity index (χ0v) is 15.7. The van der Waals surface area contributed by atoms with E-state index in [-0.39, 0.29) is 28.2 Å². The summed E-state index contributed by atoms with van der Waals surface area (Å²) < 4.78 is 26.3. The quantitative estimate of drug-likeness (QED) is 0.720. The number of benzene rings is 2. The van der Waals surface area contributed by atoms with Gasteiger partial charge in [-0.2, -0.15) is 0 Å². The highest BCUT2D eigenvalue weighted by atomic mass is 16.6. The van der Waals surface area contributed by atoms with E-state index in [1.807, 2.05) is 0 Å². The fraction of sp³-hybridized carbons (Fsp3) is 0.263. The molecule has 2 N–H and O–H groups in total. The van der Waals surface area contributed by atoms with Gasteiger partial charge in [0.1, 0.15) is 5.56 Å². The Morgan fingerprint density at radius 3 is 2.21 bits per heavy atom. The van der Waals surface area contributed by atoms with Gasteiger partial charge in [0.05, 0.1) is 39.7 Å². The number of hydrogen-bond acceptors (Lipinski definition) is 8. The van der Waals surface area contributed by atoms with Crippen LogP contribution in [0.4, 0.5) is 5.69 Å². The van der Waals surface area contributed by atoms with E-state index in [1.165, 1.54) is 40.6 Å². The van der Waals surface area contributed by atoms with Crippen LogP contribution in [0.1, 0.15) is 32.5 Å². The molecule has 0 saturated heterocycles. The third-order valence-electron chi connectivity index (χ3n) is 4.33. The molecule has 9 heteroatoms. The van der Waals surface area contributed by atoms with E-state index in [2.05, 4.69) is 5.32 Å². The molecule has 0 spiro atoms. The molecule has 0 fully saturated rings. The number of ether oxygens (including phenoxy) is 5. The van der Waals surface area contributed by atoms with Crippen molar-refractivity contribution in [3.05, 3.63) is 41.0 Å². The van der Waals surface area contributed by atoms with E-state index >= 15 is 0 Å². The van der Waals surface area contributed by atoms with Crippen LogP contribution in [0.3, 0.4) is 0 Å². The second kappa shape index (κ2) is 7.55. The van der Waals surface area contributed by atoms with E-state index in [1.54, 1.807) is 12.1 Å². The van der Waals surface area contributed by atoms with Gasteiger partial charge in [-0.15, -0.1) is 0 Å². The van der Waals surface area contributed by atoms with Crippen molar-refractivity contribution >= 4 is 17.6 Å². The summed E-state index contributed by atoms with van der Waals surface area (Å²) in [6, 6.07) is 6.12. The third kappa shape index (κ3) is 3.11. The number of cyclic esters (lactones) is 1. The van der Waals surface area contributed by atoms with Gasteiger partial charge in [0.2, 0.25) is 6.23 Å². The van der Waals surface area contributed by atoms with Crippen LogP contribution in [0, 0.1) is 0 Å². The molecule has 2 aromatic rings. The van der Waals surface area contributed by atoms with Crippen LogP contribution >= 0.6 is 0 Å². The molecule has 28 heavy (non-hydrogen) atoms. The smallest absolute Gasteiger partial charge is 0.342 e. The van der Waals surface area contributed by atoms with E-state index in [9.17, 15) is 14.7 Å². The number of anilines is 1. The van der Waals surface area contributed by atoms with Crippen molar-refractivity contribution in [2.45, 2.75) is 6.23 Å². The number of carbonyl (C=O) groups is 2. The predicted molar refractivity (Wildman–Crippen MR) is 97.8 cm³/mol. The Kier molecular flexibility index (Phi) is 5.16. The highest BCUT2D eigenvalue weighted by Gasteiger charge is 2.33. The summed E-state index contributed by atoms with van der Waals surface area (Å²) in [7, 11) is 5.66. The second-order valence-corrected chi connectivity index (χ2v) is 5.75. The standard InChI is InChI=1S/C19H19NO8/c1-24-12-6-5-9(15(18(21)22)16(12)27-4)17-20-11-8-14(26-3)13(25-2)7-10(11)19(23)28-17/h5-8,17,20H,1-4H3,(H,21,22)/t17-/m0/s1. The number of esters is 1. The Morgan fingerprint density at radius 2 is 1.64 bits per heavy atom. The summed E-state index contributed by atoms with van der Waals surface area (Å²) in [6.45, 7) is 0. The lowest BCUT2D eigenvalue weighted by Gasteiger charge is -2.29. The maximum absolute atomic E-state index is 12.5. The molecular formula is C19H19NO8. The van der Waals surface area contributed by atoms with Crippen molar-refractivity contribution in [1.29, 1.82) is 0 Å². The fourth-order valence-electron chi connectivity index (χ4n) is 3.03. The highest BCUT2D eigenvalue weighted by Crippen LogP contribution is 2.42. The number of aromatic carboxylic acids is 1. The average Bonchev–Trinajstić information content (AvgIpc) is 2.71.